The third-order valence-electron chi connectivity index (χ3n) is 3.75. The van der Waals surface area contributed by atoms with Crippen LogP contribution in [0.1, 0.15) is 12.1 Å². The van der Waals surface area contributed by atoms with Gasteiger partial charge in [-0.25, -0.2) is 4.98 Å². The van der Waals surface area contributed by atoms with E-state index in [2.05, 4.69) is 10.3 Å². The van der Waals surface area contributed by atoms with Crippen molar-refractivity contribution in [2.24, 2.45) is 5.92 Å². The largest absolute Gasteiger partial charge is 0.396 e. The highest BCUT2D eigenvalue weighted by Crippen LogP contribution is 2.30. The Bertz CT molecular complexity index is 729. The Kier molecular flexibility index (Phi) is 5.10. The molecule has 2 aromatic rings. The first-order chi connectivity index (χ1) is 11.2. The molecule has 3 rings (SSSR count). The molecule has 0 unspecified atom stereocenters. The Morgan fingerprint density at radius 3 is 2.96 bits per heavy atom. The number of thiazole rings is 1. The van der Waals surface area contributed by atoms with E-state index in [1.165, 1.54) is 11.3 Å². The molecule has 0 bridgehead atoms. The van der Waals surface area contributed by atoms with Crippen molar-refractivity contribution in [3.8, 4) is 10.6 Å². The molecule has 0 fully saturated rings. The first kappa shape index (κ1) is 16.2. The summed E-state index contributed by atoms with van der Waals surface area (Å²) in [5.74, 6) is 0.0839. The molecule has 1 aromatic heterocycles. The van der Waals surface area contributed by atoms with Crippen LogP contribution in [0.2, 0.25) is 5.02 Å². The number of amides is 1. The van der Waals surface area contributed by atoms with E-state index < -0.39 is 0 Å². The summed E-state index contributed by atoms with van der Waals surface area (Å²) >= 11 is 7.66. The van der Waals surface area contributed by atoms with Crippen LogP contribution < -0.4 is 5.32 Å². The lowest BCUT2D eigenvalue weighted by atomic mass is 10.1. The summed E-state index contributed by atoms with van der Waals surface area (Å²) in [7, 11) is 0. The summed E-state index contributed by atoms with van der Waals surface area (Å²) in [5, 5.41) is 15.4. The zero-order chi connectivity index (χ0) is 16.2. The molecule has 2 atom stereocenters. The summed E-state index contributed by atoms with van der Waals surface area (Å²) in [6.45, 7) is 0.121. The van der Waals surface area contributed by atoms with Crippen LogP contribution >= 0.6 is 22.9 Å². The number of halogens is 1. The van der Waals surface area contributed by atoms with Gasteiger partial charge in [0.2, 0.25) is 5.91 Å². The van der Waals surface area contributed by atoms with Crippen LogP contribution in [-0.4, -0.2) is 28.6 Å². The van der Waals surface area contributed by atoms with Crippen LogP contribution in [0.15, 0.2) is 41.8 Å². The fourth-order valence-electron chi connectivity index (χ4n) is 2.59. The molecule has 1 aliphatic carbocycles. The second-order valence-electron chi connectivity index (χ2n) is 5.54. The lowest BCUT2D eigenvalue weighted by molar-refractivity contribution is -0.120. The van der Waals surface area contributed by atoms with Crippen LogP contribution in [0.25, 0.3) is 10.6 Å². The van der Waals surface area contributed by atoms with E-state index in [-0.39, 0.29) is 30.9 Å². The molecule has 0 radical (unpaired) electrons. The monoisotopic (exact) mass is 348 g/mol. The number of hydrogen-bond acceptors (Lipinski definition) is 4. The van der Waals surface area contributed by atoms with E-state index in [4.69, 9.17) is 16.7 Å². The Morgan fingerprint density at radius 2 is 2.22 bits per heavy atom. The maximum absolute atomic E-state index is 12.1. The number of aromatic nitrogens is 1. The summed E-state index contributed by atoms with van der Waals surface area (Å²) in [4.78, 5) is 16.6. The minimum Gasteiger partial charge on any atom is -0.396 e. The van der Waals surface area contributed by atoms with Gasteiger partial charge in [0.05, 0.1) is 17.1 Å². The van der Waals surface area contributed by atoms with Crippen molar-refractivity contribution in [2.45, 2.75) is 18.9 Å². The van der Waals surface area contributed by atoms with Crippen LogP contribution in [-0.2, 0) is 11.2 Å². The van der Waals surface area contributed by atoms with E-state index in [0.717, 1.165) is 22.7 Å². The Labute approximate surface area is 143 Å². The second-order valence-corrected chi connectivity index (χ2v) is 6.80. The number of nitrogens with zero attached hydrogens (tertiary/aromatic N) is 1. The third-order valence-corrected chi connectivity index (χ3v) is 5.00. The Hall–Kier alpha value is -1.69. The minimum absolute atomic E-state index is 0.00123. The van der Waals surface area contributed by atoms with Crippen molar-refractivity contribution in [2.75, 3.05) is 6.61 Å². The highest BCUT2D eigenvalue weighted by molar-refractivity contribution is 7.13. The van der Waals surface area contributed by atoms with Crippen LogP contribution in [0.4, 0.5) is 0 Å². The van der Waals surface area contributed by atoms with Gasteiger partial charge >= 0.3 is 0 Å². The number of benzene rings is 1. The number of carbonyl (C=O) groups excluding carboxylic acids is 1. The number of hydrogen-bond donors (Lipinski definition) is 2. The molecule has 0 spiro atoms. The van der Waals surface area contributed by atoms with E-state index in [1.54, 1.807) is 0 Å². The van der Waals surface area contributed by atoms with Gasteiger partial charge < -0.3 is 10.4 Å². The minimum atomic E-state index is -0.0609. The Balaban J connectivity index is 1.60. The van der Waals surface area contributed by atoms with Crippen LogP contribution in [0.5, 0.6) is 0 Å². The maximum Gasteiger partial charge on any atom is 0.226 e. The number of nitrogens with one attached hydrogen (secondary N) is 1. The topological polar surface area (TPSA) is 62.2 Å². The lowest BCUT2D eigenvalue weighted by Gasteiger charge is -2.12. The summed E-state index contributed by atoms with van der Waals surface area (Å²) in [5.41, 5.74) is 1.62. The van der Waals surface area contributed by atoms with Crippen molar-refractivity contribution in [3.05, 3.63) is 52.5 Å². The summed E-state index contributed by atoms with van der Waals surface area (Å²) in [6, 6.07) is 7.54. The zero-order valence-corrected chi connectivity index (χ0v) is 14.0. The quantitative estimate of drug-likeness (QED) is 0.816. The molecule has 1 amide bonds. The molecule has 0 aliphatic heterocycles. The van der Waals surface area contributed by atoms with E-state index >= 15 is 0 Å². The van der Waals surface area contributed by atoms with Gasteiger partial charge in [0.1, 0.15) is 5.01 Å². The van der Waals surface area contributed by atoms with Crippen molar-refractivity contribution >= 4 is 28.8 Å². The molecule has 1 heterocycles. The zero-order valence-electron chi connectivity index (χ0n) is 12.4. The van der Waals surface area contributed by atoms with Gasteiger partial charge in [0.15, 0.2) is 0 Å². The SMILES string of the molecule is O=C(Cc1csc(-c2ccccc2Cl)n1)N[C@@H]1C=C[C@H](CO)C1. The highest BCUT2D eigenvalue weighted by atomic mass is 35.5. The first-order valence-corrected chi connectivity index (χ1v) is 8.69. The molecule has 6 heteroatoms. The molecule has 0 saturated heterocycles. The van der Waals surface area contributed by atoms with Crippen molar-refractivity contribution in [1.82, 2.24) is 10.3 Å². The predicted octanol–water partition coefficient (Wildman–Crippen LogP) is 3.06. The predicted molar refractivity (Wildman–Crippen MR) is 92.5 cm³/mol. The maximum atomic E-state index is 12.1. The molecular weight excluding hydrogens is 332 g/mol. The van der Waals surface area contributed by atoms with Gasteiger partial charge in [0, 0.05) is 29.5 Å². The molecule has 4 nitrogen and oxygen atoms in total. The number of aliphatic hydroxyl groups is 1. The average molecular weight is 349 g/mol. The molecular formula is C17H17ClN2O2S. The van der Waals surface area contributed by atoms with Crippen molar-refractivity contribution in [1.29, 1.82) is 0 Å². The van der Waals surface area contributed by atoms with Crippen LogP contribution in [0, 0.1) is 5.92 Å². The van der Waals surface area contributed by atoms with Gasteiger partial charge in [-0.2, -0.15) is 0 Å². The normalized spacial score (nSPS) is 19.9. The summed E-state index contributed by atoms with van der Waals surface area (Å²) < 4.78 is 0. The number of aliphatic hydroxyl groups excluding tert-OH is 1. The summed E-state index contributed by atoms with van der Waals surface area (Å²) in [6.07, 6.45) is 4.89. The fraction of sp³-hybridized carbons (Fsp3) is 0.294. The highest BCUT2D eigenvalue weighted by Gasteiger charge is 2.20. The van der Waals surface area contributed by atoms with Crippen molar-refractivity contribution in [3.63, 3.8) is 0 Å². The standard InChI is InChI=1S/C17H17ClN2O2S/c18-15-4-2-1-3-14(15)17-20-13(10-23-17)8-16(22)19-12-6-5-11(7-12)9-21/h1-6,10-12,21H,7-9H2,(H,19,22)/t11-,12+/m0/s1. The molecule has 1 aromatic carbocycles. The molecule has 1 aliphatic rings. The molecule has 2 N–H and O–H groups in total. The van der Waals surface area contributed by atoms with E-state index in [9.17, 15) is 4.79 Å². The average Bonchev–Trinajstić information content (AvgIpc) is 3.17. The lowest BCUT2D eigenvalue weighted by Crippen LogP contribution is -2.34. The van der Waals surface area contributed by atoms with E-state index in [1.807, 2.05) is 41.8 Å². The van der Waals surface area contributed by atoms with Gasteiger partial charge in [-0.3, -0.25) is 4.79 Å². The van der Waals surface area contributed by atoms with Gasteiger partial charge in [-0.15, -0.1) is 11.3 Å². The molecule has 0 saturated carbocycles. The van der Waals surface area contributed by atoms with Crippen molar-refractivity contribution < 1.29 is 9.90 Å². The molecule has 120 valence electrons. The number of carbonyl (C=O) groups is 1. The Morgan fingerprint density at radius 1 is 1.39 bits per heavy atom. The molecule has 23 heavy (non-hydrogen) atoms. The fourth-order valence-corrected chi connectivity index (χ4v) is 3.73. The smallest absolute Gasteiger partial charge is 0.226 e. The van der Waals surface area contributed by atoms with Crippen LogP contribution in [0.3, 0.4) is 0 Å². The number of rotatable bonds is 5. The van der Waals surface area contributed by atoms with Gasteiger partial charge in [-0.1, -0.05) is 42.0 Å². The van der Waals surface area contributed by atoms with E-state index in [0.29, 0.717) is 5.02 Å². The first-order valence-electron chi connectivity index (χ1n) is 7.43. The third kappa shape index (κ3) is 3.99. The second kappa shape index (κ2) is 7.25. The van der Waals surface area contributed by atoms with Gasteiger partial charge in [-0.05, 0) is 12.5 Å². The van der Waals surface area contributed by atoms with Gasteiger partial charge in [0.25, 0.3) is 0 Å².